The van der Waals surface area contributed by atoms with Gasteiger partial charge in [0.15, 0.2) is 17.3 Å². The Hall–Kier alpha value is -3.92. The van der Waals surface area contributed by atoms with Crippen LogP contribution in [0.1, 0.15) is 28.4 Å². The molecule has 0 saturated heterocycles. The van der Waals surface area contributed by atoms with Gasteiger partial charge >= 0.3 is 0 Å². The van der Waals surface area contributed by atoms with Crippen molar-refractivity contribution in [3.8, 4) is 33.8 Å². The topological polar surface area (TPSA) is 46.5 Å². The van der Waals surface area contributed by atoms with E-state index in [1.54, 1.807) is 6.92 Å². The van der Waals surface area contributed by atoms with Crippen LogP contribution in [0.5, 0.6) is 11.5 Å². The maximum Gasteiger partial charge on any atom is 0.207 e. The Bertz CT molecular complexity index is 1260. The number of rotatable bonds is 7. The molecule has 0 unspecified atom stereocenters. The molecule has 33 heavy (non-hydrogen) atoms. The number of aromatic hydroxyl groups is 1. The lowest BCUT2D eigenvalue weighted by molar-refractivity contribution is 0.0989. The molecule has 3 nitrogen and oxygen atoms in total. The lowest BCUT2D eigenvalue weighted by Gasteiger charge is -2.10. The van der Waals surface area contributed by atoms with E-state index in [0.717, 1.165) is 22.3 Å². The summed E-state index contributed by atoms with van der Waals surface area (Å²) in [5, 5.41) is 10.1. The molecule has 0 aromatic heterocycles. The molecule has 0 heterocycles. The number of phenolic OH excluding ortho intramolecular Hbond substituents is 1. The van der Waals surface area contributed by atoms with Gasteiger partial charge < -0.3 is 9.84 Å². The smallest absolute Gasteiger partial charge is 0.207 e. The van der Waals surface area contributed by atoms with E-state index in [9.17, 15) is 14.3 Å². The average Bonchev–Trinajstić information content (AvgIpc) is 2.83. The van der Waals surface area contributed by atoms with E-state index < -0.39 is 11.6 Å². The number of phenols is 1. The van der Waals surface area contributed by atoms with Crippen molar-refractivity contribution in [2.45, 2.75) is 20.3 Å². The normalized spacial score (nSPS) is 10.8. The van der Waals surface area contributed by atoms with Gasteiger partial charge in [-0.2, -0.15) is 4.39 Å². The van der Waals surface area contributed by atoms with Crippen molar-refractivity contribution in [3.63, 3.8) is 0 Å². The maximum atomic E-state index is 14.2. The second-order valence-electron chi connectivity index (χ2n) is 7.95. The lowest BCUT2D eigenvalue weighted by atomic mass is 9.97. The lowest BCUT2D eigenvalue weighted by Crippen LogP contribution is -2.06. The van der Waals surface area contributed by atoms with Gasteiger partial charge in [-0.1, -0.05) is 78.4 Å². The van der Waals surface area contributed by atoms with Gasteiger partial charge in [-0.05, 0) is 53.8 Å². The van der Waals surface area contributed by atoms with Crippen LogP contribution in [-0.2, 0) is 6.42 Å². The van der Waals surface area contributed by atoms with Crippen molar-refractivity contribution in [3.05, 3.63) is 107 Å². The van der Waals surface area contributed by atoms with Gasteiger partial charge in [0.05, 0.1) is 12.2 Å². The Morgan fingerprint density at radius 1 is 0.788 bits per heavy atom. The second-order valence-corrected chi connectivity index (χ2v) is 7.95. The van der Waals surface area contributed by atoms with E-state index in [0.29, 0.717) is 0 Å². The number of ketones is 1. The molecule has 0 amide bonds. The average molecular weight is 441 g/mol. The highest BCUT2D eigenvalue weighted by Crippen LogP contribution is 2.31. The molecule has 0 bridgehead atoms. The summed E-state index contributed by atoms with van der Waals surface area (Å²) in [5.41, 5.74) is 6.42. The molecule has 0 spiro atoms. The molecule has 0 fully saturated rings. The zero-order valence-electron chi connectivity index (χ0n) is 18.6. The highest BCUT2D eigenvalue weighted by molar-refractivity contribution is 6.00. The van der Waals surface area contributed by atoms with E-state index >= 15 is 0 Å². The fourth-order valence-corrected chi connectivity index (χ4v) is 3.73. The van der Waals surface area contributed by atoms with Crippen molar-refractivity contribution in [1.29, 1.82) is 0 Å². The van der Waals surface area contributed by atoms with E-state index in [-0.39, 0.29) is 30.1 Å². The summed E-state index contributed by atoms with van der Waals surface area (Å²) in [6, 6.07) is 27.2. The Labute approximate surface area is 193 Å². The van der Waals surface area contributed by atoms with E-state index in [4.69, 9.17) is 4.74 Å². The minimum absolute atomic E-state index is 0.0493. The molecule has 4 aromatic rings. The van der Waals surface area contributed by atoms with Gasteiger partial charge in [0.2, 0.25) is 5.82 Å². The van der Waals surface area contributed by atoms with Crippen LogP contribution in [0.15, 0.2) is 84.9 Å². The summed E-state index contributed by atoms with van der Waals surface area (Å²) >= 11 is 0. The molecule has 0 radical (unpaired) electrons. The molecule has 0 aliphatic heterocycles. The van der Waals surface area contributed by atoms with Gasteiger partial charge in [0.1, 0.15) is 0 Å². The fourth-order valence-electron chi connectivity index (χ4n) is 3.73. The number of Topliss-reactive ketones (excluding diaryl/α,β-unsaturated/α-hetero) is 1. The number of halogens is 1. The quantitative estimate of drug-likeness (QED) is 0.315. The Morgan fingerprint density at radius 2 is 1.27 bits per heavy atom. The molecule has 0 atom stereocenters. The summed E-state index contributed by atoms with van der Waals surface area (Å²) in [6.45, 7) is 4.06. The van der Waals surface area contributed by atoms with Crippen LogP contribution in [0.25, 0.3) is 22.3 Å². The molecule has 166 valence electrons. The van der Waals surface area contributed by atoms with Gasteiger partial charge in [-0.15, -0.1) is 0 Å². The van der Waals surface area contributed by atoms with Crippen molar-refractivity contribution in [2.24, 2.45) is 0 Å². The minimum atomic E-state index is -0.910. The Balaban J connectivity index is 1.47. The van der Waals surface area contributed by atoms with Crippen LogP contribution < -0.4 is 4.74 Å². The van der Waals surface area contributed by atoms with Crippen molar-refractivity contribution in [1.82, 2.24) is 0 Å². The number of hydrogen-bond acceptors (Lipinski definition) is 3. The largest absolute Gasteiger partial charge is 0.504 e. The third-order valence-corrected chi connectivity index (χ3v) is 5.60. The first-order valence-corrected chi connectivity index (χ1v) is 10.9. The molecule has 0 aliphatic carbocycles. The summed E-state index contributed by atoms with van der Waals surface area (Å²) < 4.78 is 19.3. The number of ether oxygens (including phenoxy) is 1. The third kappa shape index (κ3) is 4.96. The van der Waals surface area contributed by atoms with Crippen LogP contribution in [0.2, 0.25) is 0 Å². The van der Waals surface area contributed by atoms with Crippen molar-refractivity contribution < 1.29 is 19.0 Å². The van der Waals surface area contributed by atoms with Crippen LogP contribution in [0.3, 0.4) is 0 Å². The molecule has 4 heteroatoms. The van der Waals surface area contributed by atoms with Gasteiger partial charge in [0, 0.05) is 6.42 Å². The Kier molecular flexibility index (Phi) is 6.55. The second kappa shape index (κ2) is 9.70. The Morgan fingerprint density at radius 3 is 1.79 bits per heavy atom. The number of benzene rings is 4. The SMILES string of the molecule is CCOc1ccc(C(=O)Cc2ccc(-c3ccc(-c4ccc(C)cc4)cc3)cc2)c(O)c1F. The van der Waals surface area contributed by atoms with Gasteiger partial charge in [0.25, 0.3) is 0 Å². The highest BCUT2D eigenvalue weighted by Gasteiger charge is 2.19. The van der Waals surface area contributed by atoms with E-state index in [2.05, 4.69) is 55.5 Å². The summed E-state index contributed by atoms with van der Waals surface area (Å²) in [7, 11) is 0. The highest BCUT2D eigenvalue weighted by atomic mass is 19.1. The third-order valence-electron chi connectivity index (χ3n) is 5.60. The first-order chi connectivity index (χ1) is 16.0. The van der Waals surface area contributed by atoms with E-state index in [1.807, 2.05) is 24.3 Å². The molecular weight excluding hydrogens is 415 g/mol. The molecule has 0 aliphatic rings. The summed E-state index contributed by atoms with van der Waals surface area (Å²) in [6.07, 6.45) is 0.0631. The van der Waals surface area contributed by atoms with Gasteiger partial charge in [-0.25, -0.2) is 0 Å². The molecular formula is C29H25FO3. The van der Waals surface area contributed by atoms with Crippen LogP contribution in [0.4, 0.5) is 4.39 Å². The summed E-state index contributed by atoms with van der Waals surface area (Å²) in [4.78, 5) is 12.6. The summed E-state index contributed by atoms with van der Waals surface area (Å²) in [5.74, 6) is -2.00. The number of hydrogen-bond donors (Lipinski definition) is 1. The van der Waals surface area contributed by atoms with Crippen LogP contribution >= 0.6 is 0 Å². The predicted octanol–water partition coefficient (Wildman–Crippen LogP) is 7.00. The fraction of sp³-hybridized carbons (Fsp3) is 0.138. The van der Waals surface area contributed by atoms with Crippen molar-refractivity contribution >= 4 is 5.78 Å². The predicted molar refractivity (Wildman–Crippen MR) is 129 cm³/mol. The van der Waals surface area contributed by atoms with Crippen LogP contribution in [0, 0.1) is 12.7 Å². The zero-order valence-corrected chi connectivity index (χ0v) is 18.6. The van der Waals surface area contributed by atoms with Crippen LogP contribution in [-0.4, -0.2) is 17.5 Å². The molecule has 0 saturated carbocycles. The van der Waals surface area contributed by atoms with E-state index in [1.165, 1.54) is 23.3 Å². The van der Waals surface area contributed by atoms with Crippen molar-refractivity contribution in [2.75, 3.05) is 6.61 Å². The standard InChI is InChI=1S/C29H25FO3/c1-3-33-27-17-16-25(29(32)28(27)30)26(31)18-20-6-10-22(11-7-20)24-14-12-23(13-15-24)21-8-4-19(2)5-9-21/h4-17,32H,3,18H2,1-2H3. The maximum absolute atomic E-state index is 14.2. The first kappa shape index (κ1) is 22.3. The number of aryl methyl sites for hydroxylation is 1. The molecule has 1 N–H and O–H groups in total. The minimum Gasteiger partial charge on any atom is -0.504 e. The molecule has 4 aromatic carbocycles. The monoisotopic (exact) mass is 440 g/mol. The zero-order chi connectivity index (χ0) is 23.4. The first-order valence-electron chi connectivity index (χ1n) is 10.9. The number of carbonyl (C=O) groups excluding carboxylic acids is 1. The van der Waals surface area contributed by atoms with Gasteiger partial charge in [-0.3, -0.25) is 4.79 Å². The molecule has 4 rings (SSSR count). The number of carbonyl (C=O) groups is 1.